The molecule has 0 heterocycles. The number of oxime groups is 1. The minimum absolute atomic E-state index is 0.239. The Kier molecular flexibility index (Phi) is 6.57. The van der Waals surface area contributed by atoms with E-state index in [1.54, 1.807) is 0 Å². The number of rotatable bonds is 7. The Balaban J connectivity index is 2.25. The van der Waals surface area contributed by atoms with Gasteiger partial charge in [-0.1, -0.05) is 35.5 Å². The number of ether oxygens (including phenoxy) is 1. The summed E-state index contributed by atoms with van der Waals surface area (Å²) < 4.78 is 5.91. The van der Waals surface area contributed by atoms with E-state index in [1.807, 2.05) is 49.4 Å². The van der Waals surface area contributed by atoms with E-state index in [9.17, 15) is 4.79 Å². The van der Waals surface area contributed by atoms with Crippen molar-refractivity contribution in [1.29, 1.82) is 0 Å². The number of nitrogens with one attached hydrogen (secondary N) is 1. The maximum atomic E-state index is 12.3. The first-order valence-corrected chi connectivity index (χ1v) is 8.24. The lowest BCUT2D eigenvalue weighted by atomic mass is 10.0. The average molecular weight is 340 g/mol. The molecule has 0 aliphatic rings. The third-order valence-electron chi connectivity index (χ3n) is 3.88. The molecule has 0 aromatic heterocycles. The highest BCUT2D eigenvalue weighted by molar-refractivity contribution is 6.45. The van der Waals surface area contributed by atoms with Crippen molar-refractivity contribution in [2.24, 2.45) is 5.16 Å². The van der Waals surface area contributed by atoms with E-state index in [2.05, 4.69) is 24.3 Å². The van der Waals surface area contributed by atoms with Crippen LogP contribution in [-0.2, 0) is 16.2 Å². The minimum Gasteiger partial charge on any atom is -0.489 e. The van der Waals surface area contributed by atoms with E-state index in [0.717, 1.165) is 11.3 Å². The molecular formula is C20H24N2O3. The zero-order chi connectivity index (χ0) is 18.2. The molecule has 0 radical (unpaired) electrons. The highest BCUT2D eigenvalue weighted by Gasteiger charge is 2.18. The van der Waals surface area contributed by atoms with Crippen molar-refractivity contribution >= 4 is 11.6 Å². The molecule has 5 nitrogen and oxygen atoms in total. The fourth-order valence-electron chi connectivity index (χ4n) is 2.39. The Morgan fingerprint density at radius 2 is 1.88 bits per heavy atom. The smallest absolute Gasteiger partial charge is 0.273 e. The molecule has 2 aromatic carbocycles. The van der Waals surface area contributed by atoms with Gasteiger partial charge in [0.1, 0.15) is 19.5 Å². The molecule has 25 heavy (non-hydrogen) atoms. The molecular weight excluding hydrogens is 316 g/mol. The second-order valence-corrected chi connectivity index (χ2v) is 5.67. The SMILES string of the molecule is CCNC(=O)/C(=N\OC)c1ccccc1COc1ccc(C)c(C)c1. The van der Waals surface area contributed by atoms with E-state index in [4.69, 9.17) is 9.57 Å². The largest absolute Gasteiger partial charge is 0.489 e. The predicted octanol–water partition coefficient (Wildman–Crippen LogP) is 3.37. The summed E-state index contributed by atoms with van der Waals surface area (Å²) in [7, 11) is 1.42. The van der Waals surface area contributed by atoms with Crippen LogP contribution in [0.4, 0.5) is 0 Å². The molecule has 1 N–H and O–H groups in total. The van der Waals surface area contributed by atoms with Crippen LogP contribution < -0.4 is 10.1 Å². The lowest BCUT2D eigenvalue weighted by Crippen LogP contribution is -2.32. The second-order valence-electron chi connectivity index (χ2n) is 5.67. The van der Waals surface area contributed by atoms with Crippen LogP contribution in [0.1, 0.15) is 29.2 Å². The van der Waals surface area contributed by atoms with Crippen LogP contribution in [0.2, 0.25) is 0 Å². The monoisotopic (exact) mass is 340 g/mol. The van der Waals surface area contributed by atoms with Gasteiger partial charge in [-0.2, -0.15) is 0 Å². The highest BCUT2D eigenvalue weighted by atomic mass is 16.6. The lowest BCUT2D eigenvalue weighted by molar-refractivity contribution is -0.114. The molecule has 0 spiro atoms. The topological polar surface area (TPSA) is 59.9 Å². The minimum atomic E-state index is -0.275. The van der Waals surface area contributed by atoms with Crippen LogP contribution in [0.25, 0.3) is 0 Å². The van der Waals surface area contributed by atoms with Gasteiger partial charge in [0.15, 0.2) is 5.71 Å². The molecule has 0 fully saturated rings. The maximum absolute atomic E-state index is 12.3. The van der Waals surface area contributed by atoms with E-state index >= 15 is 0 Å². The number of amides is 1. The molecule has 0 saturated heterocycles. The van der Waals surface area contributed by atoms with E-state index in [0.29, 0.717) is 18.7 Å². The summed E-state index contributed by atoms with van der Waals surface area (Å²) in [6, 6.07) is 13.5. The standard InChI is InChI=1S/C20H24N2O3/c1-5-21-20(23)19(22-24-4)18-9-7-6-8-16(18)13-25-17-11-10-14(2)15(3)12-17/h6-12H,5,13H2,1-4H3,(H,21,23)/b22-19-. The van der Waals surface area contributed by atoms with E-state index in [1.165, 1.54) is 18.2 Å². The summed E-state index contributed by atoms with van der Waals surface area (Å²) in [6.07, 6.45) is 0. The number of hydrogen-bond donors (Lipinski definition) is 1. The molecule has 132 valence electrons. The summed E-state index contributed by atoms with van der Waals surface area (Å²) in [5, 5.41) is 6.66. The van der Waals surface area contributed by atoms with Gasteiger partial charge in [-0.25, -0.2) is 0 Å². The maximum Gasteiger partial charge on any atom is 0.273 e. The van der Waals surface area contributed by atoms with Crippen LogP contribution in [-0.4, -0.2) is 25.3 Å². The van der Waals surface area contributed by atoms with Crippen molar-refractivity contribution in [2.45, 2.75) is 27.4 Å². The Labute approximate surface area is 148 Å². The Morgan fingerprint density at radius 1 is 1.12 bits per heavy atom. The van der Waals surface area contributed by atoms with Crippen LogP contribution in [0.5, 0.6) is 5.75 Å². The van der Waals surface area contributed by atoms with Gasteiger partial charge in [-0.15, -0.1) is 0 Å². The van der Waals surface area contributed by atoms with Crippen LogP contribution in [0.15, 0.2) is 47.6 Å². The van der Waals surface area contributed by atoms with Crippen LogP contribution in [0, 0.1) is 13.8 Å². The van der Waals surface area contributed by atoms with Crippen molar-refractivity contribution < 1.29 is 14.4 Å². The first kappa shape index (κ1) is 18.5. The highest BCUT2D eigenvalue weighted by Crippen LogP contribution is 2.19. The summed E-state index contributed by atoms with van der Waals surface area (Å²) in [6.45, 7) is 6.82. The molecule has 0 aliphatic carbocycles. The summed E-state index contributed by atoms with van der Waals surface area (Å²) in [5.41, 5.74) is 4.19. The third-order valence-corrected chi connectivity index (χ3v) is 3.88. The van der Waals surface area contributed by atoms with Gasteiger partial charge in [0, 0.05) is 12.1 Å². The van der Waals surface area contributed by atoms with Gasteiger partial charge in [-0.3, -0.25) is 4.79 Å². The van der Waals surface area contributed by atoms with Gasteiger partial charge < -0.3 is 14.9 Å². The predicted molar refractivity (Wildman–Crippen MR) is 98.9 cm³/mol. The molecule has 1 amide bonds. The number of nitrogens with zero attached hydrogens (tertiary/aromatic N) is 1. The van der Waals surface area contributed by atoms with Gasteiger partial charge >= 0.3 is 0 Å². The first-order chi connectivity index (χ1) is 12.1. The average Bonchev–Trinajstić information content (AvgIpc) is 2.61. The number of carbonyl (C=O) groups excluding carboxylic acids is 1. The molecule has 0 saturated carbocycles. The molecule has 5 heteroatoms. The Hall–Kier alpha value is -2.82. The summed E-state index contributed by atoms with van der Waals surface area (Å²) >= 11 is 0. The van der Waals surface area contributed by atoms with Crippen molar-refractivity contribution in [1.82, 2.24) is 5.32 Å². The van der Waals surface area contributed by atoms with Gasteiger partial charge in [0.05, 0.1) is 0 Å². The van der Waals surface area contributed by atoms with E-state index in [-0.39, 0.29) is 11.6 Å². The van der Waals surface area contributed by atoms with Crippen molar-refractivity contribution in [2.75, 3.05) is 13.7 Å². The Morgan fingerprint density at radius 3 is 2.56 bits per heavy atom. The van der Waals surface area contributed by atoms with Crippen molar-refractivity contribution in [3.63, 3.8) is 0 Å². The number of likely N-dealkylation sites (N-methyl/N-ethyl adjacent to an activating group) is 1. The second kappa shape index (κ2) is 8.87. The normalized spacial score (nSPS) is 11.1. The van der Waals surface area contributed by atoms with Crippen LogP contribution >= 0.6 is 0 Å². The molecule has 0 aliphatic heterocycles. The third kappa shape index (κ3) is 4.83. The Bertz CT molecular complexity index is 769. The molecule has 0 atom stereocenters. The summed E-state index contributed by atoms with van der Waals surface area (Å²) in [5.74, 6) is 0.518. The molecule has 0 unspecified atom stereocenters. The van der Waals surface area contributed by atoms with Gasteiger partial charge in [-0.05, 0) is 49.6 Å². The summed E-state index contributed by atoms with van der Waals surface area (Å²) in [4.78, 5) is 17.1. The van der Waals surface area contributed by atoms with Crippen molar-refractivity contribution in [3.05, 3.63) is 64.7 Å². The molecule has 0 bridgehead atoms. The molecule has 2 aromatic rings. The zero-order valence-electron chi connectivity index (χ0n) is 15.1. The number of benzene rings is 2. The lowest BCUT2D eigenvalue weighted by Gasteiger charge is -2.13. The van der Waals surface area contributed by atoms with Gasteiger partial charge in [0.2, 0.25) is 0 Å². The fraction of sp³-hybridized carbons (Fsp3) is 0.300. The van der Waals surface area contributed by atoms with E-state index < -0.39 is 0 Å². The number of aryl methyl sites for hydroxylation is 2. The number of carbonyl (C=O) groups is 1. The van der Waals surface area contributed by atoms with Gasteiger partial charge in [0.25, 0.3) is 5.91 Å². The number of hydrogen-bond acceptors (Lipinski definition) is 4. The first-order valence-electron chi connectivity index (χ1n) is 8.24. The quantitative estimate of drug-likeness (QED) is 0.621. The van der Waals surface area contributed by atoms with Crippen LogP contribution in [0.3, 0.4) is 0 Å². The van der Waals surface area contributed by atoms with Crippen molar-refractivity contribution in [3.8, 4) is 5.75 Å². The fourth-order valence-corrected chi connectivity index (χ4v) is 2.39. The molecule has 2 rings (SSSR count). The zero-order valence-corrected chi connectivity index (χ0v) is 15.1.